The van der Waals surface area contributed by atoms with Crippen LogP contribution in [0.4, 0.5) is 17.2 Å². The second-order valence-corrected chi connectivity index (χ2v) is 7.75. The molecule has 0 aliphatic rings. The van der Waals surface area contributed by atoms with E-state index >= 15 is 0 Å². The third-order valence-corrected chi connectivity index (χ3v) is 4.39. The molecular formula is C22H21N5O2. The average Bonchev–Trinajstić information content (AvgIpc) is 3.18. The Morgan fingerprint density at radius 1 is 1.00 bits per heavy atom. The molecule has 3 heterocycles. The van der Waals surface area contributed by atoms with Gasteiger partial charge in [0, 0.05) is 40.6 Å². The molecule has 0 spiro atoms. The van der Waals surface area contributed by atoms with Crippen molar-refractivity contribution in [3.8, 4) is 0 Å². The largest absolute Gasteiger partial charge is 0.359 e. The SMILES string of the molecule is CC(C)(C)c1cc(Nc2ccc(NC(=O)c3ccc4cnccc4n3)cc2)no1. The molecule has 0 aliphatic carbocycles. The highest BCUT2D eigenvalue weighted by Crippen LogP contribution is 2.26. The first-order chi connectivity index (χ1) is 13.9. The summed E-state index contributed by atoms with van der Waals surface area (Å²) in [5.41, 5.74) is 2.49. The van der Waals surface area contributed by atoms with Gasteiger partial charge in [-0.1, -0.05) is 25.9 Å². The highest BCUT2D eigenvalue weighted by Gasteiger charge is 2.19. The van der Waals surface area contributed by atoms with Crippen molar-refractivity contribution in [3.05, 3.63) is 72.4 Å². The Balaban J connectivity index is 1.43. The smallest absolute Gasteiger partial charge is 0.274 e. The van der Waals surface area contributed by atoms with Crippen LogP contribution in [0.15, 0.2) is 65.4 Å². The van der Waals surface area contributed by atoms with Gasteiger partial charge in [-0.2, -0.15) is 0 Å². The summed E-state index contributed by atoms with van der Waals surface area (Å²) in [5, 5.41) is 11.0. The van der Waals surface area contributed by atoms with Crippen molar-refractivity contribution in [2.45, 2.75) is 26.2 Å². The number of hydrogen-bond donors (Lipinski definition) is 2. The second kappa shape index (κ2) is 7.35. The minimum Gasteiger partial charge on any atom is -0.359 e. The molecule has 1 amide bonds. The van der Waals surface area contributed by atoms with Gasteiger partial charge < -0.3 is 15.2 Å². The maximum absolute atomic E-state index is 12.5. The van der Waals surface area contributed by atoms with Crippen molar-refractivity contribution in [2.24, 2.45) is 0 Å². The van der Waals surface area contributed by atoms with Crippen molar-refractivity contribution in [1.82, 2.24) is 15.1 Å². The number of pyridine rings is 2. The molecule has 0 aliphatic heterocycles. The Morgan fingerprint density at radius 2 is 1.76 bits per heavy atom. The summed E-state index contributed by atoms with van der Waals surface area (Å²) in [4.78, 5) is 20.9. The van der Waals surface area contributed by atoms with E-state index in [1.807, 2.05) is 36.4 Å². The molecule has 0 bridgehead atoms. The third kappa shape index (κ3) is 4.24. The van der Waals surface area contributed by atoms with E-state index in [9.17, 15) is 4.79 Å². The molecule has 7 heteroatoms. The standard InChI is InChI=1S/C22H21N5O2/c1-22(2,3)19-12-20(27-29-19)24-15-5-7-16(8-6-15)25-21(28)18-9-4-14-13-23-11-10-17(14)26-18/h4-13H,1-3H3,(H,24,27)(H,25,28). The van der Waals surface area contributed by atoms with E-state index in [2.05, 4.69) is 46.5 Å². The van der Waals surface area contributed by atoms with Crippen molar-refractivity contribution in [2.75, 3.05) is 10.6 Å². The van der Waals surface area contributed by atoms with Gasteiger partial charge in [-0.3, -0.25) is 9.78 Å². The number of nitrogens with one attached hydrogen (secondary N) is 2. The van der Waals surface area contributed by atoms with Crippen molar-refractivity contribution >= 4 is 34.0 Å². The quantitative estimate of drug-likeness (QED) is 0.517. The number of amides is 1. The molecule has 0 fully saturated rings. The topological polar surface area (TPSA) is 92.9 Å². The summed E-state index contributed by atoms with van der Waals surface area (Å²) in [6, 6.07) is 14.5. The van der Waals surface area contributed by atoms with Crippen LogP contribution < -0.4 is 10.6 Å². The third-order valence-electron chi connectivity index (χ3n) is 4.39. The summed E-state index contributed by atoms with van der Waals surface area (Å²) < 4.78 is 5.38. The summed E-state index contributed by atoms with van der Waals surface area (Å²) in [5.74, 6) is 1.18. The lowest BCUT2D eigenvalue weighted by Crippen LogP contribution is -2.13. The Bertz CT molecular complexity index is 1160. The van der Waals surface area contributed by atoms with Gasteiger partial charge in [0.1, 0.15) is 11.5 Å². The predicted octanol–water partition coefficient (Wildman–Crippen LogP) is 4.91. The fraction of sp³-hybridized carbons (Fsp3) is 0.182. The molecule has 146 valence electrons. The number of fused-ring (bicyclic) bond motifs is 1. The molecule has 0 saturated carbocycles. The first-order valence-corrected chi connectivity index (χ1v) is 9.25. The molecule has 3 aromatic heterocycles. The molecule has 4 rings (SSSR count). The van der Waals surface area contributed by atoms with Gasteiger partial charge >= 0.3 is 0 Å². The van der Waals surface area contributed by atoms with Gasteiger partial charge in [-0.05, 0) is 42.5 Å². The highest BCUT2D eigenvalue weighted by atomic mass is 16.5. The predicted molar refractivity (Wildman–Crippen MR) is 112 cm³/mol. The maximum atomic E-state index is 12.5. The van der Waals surface area contributed by atoms with Gasteiger partial charge in [0.25, 0.3) is 5.91 Å². The Labute approximate surface area is 168 Å². The van der Waals surface area contributed by atoms with E-state index in [1.54, 1.807) is 24.5 Å². The van der Waals surface area contributed by atoms with Crippen LogP contribution in [0, 0.1) is 0 Å². The minimum atomic E-state index is -0.268. The molecule has 7 nitrogen and oxygen atoms in total. The van der Waals surface area contributed by atoms with Crippen LogP contribution in [-0.4, -0.2) is 21.0 Å². The summed E-state index contributed by atoms with van der Waals surface area (Å²) >= 11 is 0. The fourth-order valence-electron chi connectivity index (χ4n) is 2.76. The summed E-state index contributed by atoms with van der Waals surface area (Å²) in [6.45, 7) is 6.20. The Hall–Kier alpha value is -3.74. The number of aromatic nitrogens is 3. The van der Waals surface area contributed by atoms with Crippen LogP contribution in [0.2, 0.25) is 0 Å². The molecule has 1 aromatic carbocycles. The second-order valence-electron chi connectivity index (χ2n) is 7.75. The van der Waals surface area contributed by atoms with Crippen LogP contribution in [0.5, 0.6) is 0 Å². The molecule has 0 unspecified atom stereocenters. The zero-order chi connectivity index (χ0) is 20.4. The van der Waals surface area contributed by atoms with E-state index in [0.29, 0.717) is 17.2 Å². The van der Waals surface area contributed by atoms with Crippen LogP contribution in [0.25, 0.3) is 10.9 Å². The first-order valence-electron chi connectivity index (χ1n) is 9.25. The van der Waals surface area contributed by atoms with Gasteiger partial charge in [-0.15, -0.1) is 0 Å². The van der Waals surface area contributed by atoms with Crippen LogP contribution in [0.1, 0.15) is 37.0 Å². The lowest BCUT2D eigenvalue weighted by Gasteiger charge is -2.12. The monoisotopic (exact) mass is 387 g/mol. The molecule has 2 N–H and O–H groups in total. The molecule has 0 radical (unpaired) electrons. The van der Waals surface area contributed by atoms with E-state index in [4.69, 9.17) is 4.52 Å². The van der Waals surface area contributed by atoms with E-state index in [0.717, 1.165) is 22.4 Å². The van der Waals surface area contributed by atoms with E-state index in [1.165, 1.54) is 0 Å². The van der Waals surface area contributed by atoms with E-state index in [-0.39, 0.29) is 11.3 Å². The van der Waals surface area contributed by atoms with Gasteiger partial charge in [0.15, 0.2) is 5.82 Å². The summed E-state index contributed by atoms with van der Waals surface area (Å²) in [7, 11) is 0. The van der Waals surface area contributed by atoms with Gasteiger partial charge in [0.2, 0.25) is 0 Å². The zero-order valence-corrected chi connectivity index (χ0v) is 16.4. The maximum Gasteiger partial charge on any atom is 0.274 e. The fourth-order valence-corrected chi connectivity index (χ4v) is 2.76. The molecule has 4 aromatic rings. The normalized spacial score (nSPS) is 11.4. The van der Waals surface area contributed by atoms with Crippen molar-refractivity contribution < 1.29 is 9.32 Å². The number of carbonyl (C=O) groups excluding carboxylic acids is 1. The van der Waals surface area contributed by atoms with Crippen LogP contribution in [0.3, 0.4) is 0 Å². The highest BCUT2D eigenvalue weighted by molar-refractivity contribution is 6.04. The number of rotatable bonds is 4. The summed E-state index contributed by atoms with van der Waals surface area (Å²) in [6.07, 6.45) is 3.37. The number of benzene rings is 1. The van der Waals surface area contributed by atoms with Crippen LogP contribution >= 0.6 is 0 Å². The lowest BCUT2D eigenvalue weighted by molar-refractivity contribution is 0.102. The average molecular weight is 387 g/mol. The van der Waals surface area contributed by atoms with E-state index < -0.39 is 0 Å². The molecular weight excluding hydrogens is 366 g/mol. The van der Waals surface area contributed by atoms with Gasteiger partial charge in [-0.25, -0.2) is 4.98 Å². The van der Waals surface area contributed by atoms with Crippen LogP contribution in [-0.2, 0) is 5.41 Å². The molecule has 29 heavy (non-hydrogen) atoms. The number of anilines is 3. The lowest BCUT2D eigenvalue weighted by atomic mass is 9.93. The molecule has 0 saturated heterocycles. The van der Waals surface area contributed by atoms with Gasteiger partial charge in [0.05, 0.1) is 5.52 Å². The number of nitrogens with zero attached hydrogens (tertiary/aromatic N) is 3. The molecule has 0 atom stereocenters. The number of hydrogen-bond acceptors (Lipinski definition) is 6. The van der Waals surface area contributed by atoms with Crippen molar-refractivity contribution in [1.29, 1.82) is 0 Å². The zero-order valence-electron chi connectivity index (χ0n) is 16.4. The number of carbonyl (C=O) groups is 1. The first kappa shape index (κ1) is 18.6. The Kier molecular flexibility index (Phi) is 4.72. The minimum absolute atomic E-state index is 0.103. The van der Waals surface area contributed by atoms with Crippen molar-refractivity contribution in [3.63, 3.8) is 0 Å². The Morgan fingerprint density at radius 3 is 2.48 bits per heavy atom.